The number of halogens is 1. The summed E-state index contributed by atoms with van der Waals surface area (Å²) in [5.41, 5.74) is 6.39. The highest BCUT2D eigenvalue weighted by molar-refractivity contribution is 6.30. The predicted molar refractivity (Wildman–Crippen MR) is 202 cm³/mol. The van der Waals surface area contributed by atoms with Gasteiger partial charge in [0, 0.05) is 36.6 Å². The Morgan fingerprint density at radius 3 is 2.06 bits per heavy atom. The molecule has 8 rings (SSSR count). The molecular formula is C44H41ClN2O6. The first-order valence-corrected chi connectivity index (χ1v) is 18.5. The number of aliphatic hydroxyl groups is 2. The smallest absolute Gasteiger partial charge is 0.261 e. The first-order valence-electron chi connectivity index (χ1n) is 18.1. The summed E-state index contributed by atoms with van der Waals surface area (Å²) in [5.74, 6) is -0.553. The molecule has 9 heteroatoms. The predicted octanol–water partition coefficient (Wildman–Crippen LogP) is 7.82. The number of amides is 2. The molecule has 3 atom stereocenters. The van der Waals surface area contributed by atoms with E-state index < -0.39 is 11.9 Å². The normalized spacial score (nSPS) is 21.5. The fourth-order valence-electron chi connectivity index (χ4n) is 7.75. The fourth-order valence-corrected chi connectivity index (χ4v) is 7.88. The highest BCUT2D eigenvalue weighted by Crippen LogP contribution is 2.40. The summed E-state index contributed by atoms with van der Waals surface area (Å²) in [6.07, 6.45) is 0.891. The number of rotatable bonds is 9. The lowest BCUT2D eigenvalue weighted by molar-refractivity contribution is -0.253. The molecule has 0 spiro atoms. The molecule has 3 heterocycles. The molecule has 2 amide bonds. The maximum absolute atomic E-state index is 13.0. The number of carbonyl (C=O) groups excluding carboxylic acids is 2. The molecule has 2 fully saturated rings. The standard InChI is InChI=1S/C44H41ClN2O6/c45-36-17-15-35(16-18-36)44(51)19-21-46(22-20-44)27-37-25-40(31-13-11-29(28-48)12-14-31)53-43(52-37)34-8-4-7-33(24-34)32-6-3-5-30(23-32)26-47-41(49)38-9-1-2-10-39(38)42(47)50/h1-18,23-24,37,40,43,48,51H,19-22,25-28H2/t37-,40+,43+/m1/s1. The van der Waals surface area contributed by atoms with Gasteiger partial charge in [0.2, 0.25) is 0 Å². The highest BCUT2D eigenvalue weighted by Gasteiger charge is 2.38. The van der Waals surface area contributed by atoms with E-state index >= 15 is 0 Å². The van der Waals surface area contributed by atoms with Crippen molar-refractivity contribution >= 4 is 23.4 Å². The molecular weight excluding hydrogens is 688 g/mol. The molecule has 3 aliphatic heterocycles. The minimum atomic E-state index is -0.889. The average Bonchev–Trinajstić information content (AvgIpc) is 3.43. The summed E-state index contributed by atoms with van der Waals surface area (Å²) < 4.78 is 13.4. The second-order valence-electron chi connectivity index (χ2n) is 14.3. The Bertz CT molecular complexity index is 2080. The zero-order valence-corrected chi connectivity index (χ0v) is 30.0. The Labute approximate surface area is 314 Å². The van der Waals surface area contributed by atoms with Gasteiger partial charge in [0.1, 0.15) is 0 Å². The Hall–Kier alpha value is -4.67. The van der Waals surface area contributed by atoms with Crippen LogP contribution in [0.25, 0.3) is 11.1 Å². The zero-order valence-electron chi connectivity index (χ0n) is 29.2. The van der Waals surface area contributed by atoms with Crippen molar-refractivity contribution in [1.82, 2.24) is 9.80 Å². The van der Waals surface area contributed by atoms with Gasteiger partial charge in [0.15, 0.2) is 6.29 Å². The van der Waals surface area contributed by atoms with Crippen LogP contribution in [0.3, 0.4) is 0 Å². The summed E-state index contributed by atoms with van der Waals surface area (Å²) in [7, 11) is 0. The van der Waals surface area contributed by atoms with Crippen LogP contribution in [0.15, 0.2) is 121 Å². The zero-order chi connectivity index (χ0) is 36.5. The van der Waals surface area contributed by atoms with Gasteiger partial charge in [-0.05, 0) is 82.6 Å². The number of piperidine rings is 1. The third kappa shape index (κ3) is 7.44. The number of benzene rings is 5. The largest absolute Gasteiger partial charge is 0.392 e. The molecule has 0 aliphatic carbocycles. The van der Waals surface area contributed by atoms with Gasteiger partial charge in [-0.2, -0.15) is 0 Å². The fraction of sp³-hybridized carbons (Fsp3) is 0.273. The number of hydrogen-bond donors (Lipinski definition) is 2. The molecule has 3 aliphatic rings. The van der Waals surface area contributed by atoms with Gasteiger partial charge in [-0.15, -0.1) is 0 Å². The molecule has 0 unspecified atom stereocenters. The van der Waals surface area contributed by atoms with Crippen LogP contribution in [0, 0.1) is 0 Å². The lowest BCUT2D eigenvalue weighted by atomic mass is 9.84. The number of nitrogens with zero attached hydrogens (tertiary/aromatic N) is 2. The van der Waals surface area contributed by atoms with Crippen LogP contribution >= 0.6 is 11.6 Å². The van der Waals surface area contributed by atoms with E-state index in [9.17, 15) is 19.8 Å². The van der Waals surface area contributed by atoms with Crippen LogP contribution in [-0.4, -0.2) is 57.6 Å². The Morgan fingerprint density at radius 1 is 0.717 bits per heavy atom. The van der Waals surface area contributed by atoms with E-state index in [0.717, 1.165) is 52.0 Å². The van der Waals surface area contributed by atoms with E-state index in [-0.39, 0.29) is 37.2 Å². The third-order valence-electron chi connectivity index (χ3n) is 10.8. The Kier molecular flexibility index (Phi) is 10.0. The van der Waals surface area contributed by atoms with Gasteiger partial charge in [0.05, 0.1) is 42.1 Å². The van der Waals surface area contributed by atoms with Crippen molar-refractivity contribution in [3.05, 3.63) is 165 Å². The maximum Gasteiger partial charge on any atom is 0.261 e. The molecule has 5 aromatic rings. The van der Waals surface area contributed by atoms with Gasteiger partial charge in [0.25, 0.3) is 11.8 Å². The van der Waals surface area contributed by atoms with Crippen molar-refractivity contribution in [3.8, 4) is 11.1 Å². The average molecular weight is 729 g/mol. The topological polar surface area (TPSA) is 99.5 Å². The molecule has 8 nitrogen and oxygen atoms in total. The molecule has 270 valence electrons. The molecule has 0 saturated carbocycles. The van der Waals surface area contributed by atoms with Crippen molar-refractivity contribution in [3.63, 3.8) is 0 Å². The van der Waals surface area contributed by atoms with E-state index in [1.807, 2.05) is 91.0 Å². The SMILES string of the molecule is O=C1c2ccccc2C(=O)N1Cc1cccc(-c2cccc([C@H]3O[C@@H](CN4CCC(O)(c5ccc(Cl)cc5)CC4)C[C@@H](c4ccc(CO)cc4)O3)c2)c1. The molecule has 0 radical (unpaired) electrons. The van der Waals surface area contributed by atoms with Crippen molar-refractivity contribution in [2.75, 3.05) is 19.6 Å². The molecule has 53 heavy (non-hydrogen) atoms. The van der Waals surface area contributed by atoms with Crippen molar-refractivity contribution in [2.45, 2.75) is 56.5 Å². The van der Waals surface area contributed by atoms with Crippen molar-refractivity contribution < 1.29 is 29.3 Å². The van der Waals surface area contributed by atoms with Crippen LogP contribution < -0.4 is 0 Å². The van der Waals surface area contributed by atoms with Crippen LogP contribution in [0.4, 0.5) is 0 Å². The summed E-state index contributed by atoms with van der Waals surface area (Å²) in [5, 5.41) is 21.8. The lowest BCUT2D eigenvalue weighted by Crippen LogP contribution is -2.46. The molecule has 0 bridgehead atoms. The Morgan fingerprint density at radius 2 is 1.38 bits per heavy atom. The van der Waals surface area contributed by atoms with Crippen LogP contribution in [0.5, 0.6) is 0 Å². The molecule has 0 aromatic heterocycles. The van der Waals surface area contributed by atoms with Crippen LogP contribution in [0.2, 0.25) is 5.02 Å². The molecule has 2 N–H and O–H groups in total. The number of carbonyl (C=O) groups is 2. The monoisotopic (exact) mass is 728 g/mol. The van der Waals surface area contributed by atoms with Crippen molar-refractivity contribution in [1.29, 1.82) is 0 Å². The minimum Gasteiger partial charge on any atom is -0.392 e. The second-order valence-corrected chi connectivity index (χ2v) is 14.7. The second kappa shape index (κ2) is 15.0. The van der Waals surface area contributed by atoms with E-state index in [1.54, 1.807) is 24.3 Å². The van der Waals surface area contributed by atoms with E-state index in [1.165, 1.54) is 4.90 Å². The highest BCUT2D eigenvalue weighted by atomic mass is 35.5. The number of ether oxygens (including phenoxy) is 2. The summed E-state index contributed by atoms with van der Waals surface area (Å²) in [6.45, 7) is 2.31. The van der Waals surface area contributed by atoms with Gasteiger partial charge in [-0.3, -0.25) is 14.5 Å². The lowest BCUT2D eigenvalue weighted by Gasteiger charge is -2.42. The van der Waals surface area contributed by atoms with Gasteiger partial charge in [-0.1, -0.05) is 96.5 Å². The minimum absolute atomic E-state index is 0.0240. The van der Waals surface area contributed by atoms with Crippen LogP contribution in [0.1, 0.15) is 80.2 Å². The summed E-state index contributed by atoms with van der Waals surface area (Å²) in [6, 6.07) is 38.3. The van der Waals surface area contributed by atoms with Gasteiger partial charge < -0.3 is 24.6 Å². The first kappa shape index (κ1) is 35.4. The van der Waals surface area contributed by atoms with E-state index in [2.05, 4.69) is 11.0 Å². The number of imide groups is 1. The van der Waals surface area contributed by atoms with E-state index in [4.69, 9.17) is 21.1 Å². The van der Waals surface area contributed by atoms with Gasteiger partial charge >= 0.3 is 0 Å². The third-order valence-corrected chi connectivity index (χ3v) is 11.0. The summed E-state index contributed by atoms with van der Waals surface area (Å²) in [4.78, 5) is 29.8. The number of hydrogen-bond acceptors (Lipinski definition) is 7. The maximum atomic E-state index is 13.0. The number of likely N-dealkylation sites (tertiary alicyclic amines) is 1. The van der Waals surface area contributed by atoms with Crippen LogP contribution in [-0.2, 0) is 28.2 Å². The van der Waals surface area contributed by atoms with Crippen molar-refractivity contribution in [2.24, 2.45) is 0 Å². The Balaban J connectivity index is 1.00. The molecule has 2 saturated heterocycles. The summed E-state index contributed by atoms with van der Waals surface area (Å²) >= 11 is 6.10. The van der Waals surface area contributed by atoms with E-state index in [0.29, 0.717) is 42.0 Å². The first-order chi connectivity index (χ1) is 25.8. The van der Waals surface area contributed by atoms with Gasteiger partial charge in [-0.25, -0.2) is 0 Å². The number of aliphatic hydroxyl groups excluding tert-OH is 1. The number of fused-ring (bicyclic) bond motifs is 1. The quantitative estimate of drug-likeness (QED) is 0.149. The molecule has 5 aromatic carbocycles.